The number of rotatable bonds is 4. The number of nitrogens with zero attached hydrogens (tertiary/aromatic N) is 2. The molecule has 1 saturated heterocycles. The maximum Gasteiger partial charge on any atom is 0.337 e. The lowest BCUT2D eigenvalue weighted by molar-refractivity contribution is -0.120. The fraction of sp³-hybridized carbons (Fsp3) is 0.179. The Balaban J connectivity index is 1.50. The molecule has 1 amide bonds. The van der Waals surface area contributed by atoms with E-state index in [2.05, 4.69) is 27.0 Å². The van der Waals surface area contributed by atoms with Gasteiger partial charge in [0.1, 0.15) is 11.8 Å². The zero-order chi connectivity index (χ0) is 25.8. The zero-order valence-electron chi connectivity index (χ0n) is 20.0. The van der Waals surface area contributed by atoms with Crippen molar-refractivity contribution in [1.29, 1.82) is 0 Å². The Morgan fingerprint density at radius 3 is 2.59 bits per heavy atom. The second-order valence-electron chi connectivity index (χ2n) is 9.01. The molecule has 4 aromatic rings. The highest BCUT2D eigenvalue weighted by Crippen LogP contribution is 2.45. The summed E-state index contributed by atoms with van der Waals surface area (Å²) in [6, 6.07) is 20.0. The minimum absolute atomic E-state index is 0.125. The fourth-order valence-corrected chi connectivity index (χ4v) is 6.14. The summed E-state index contributed by atoms with van der Waals surface area (Å²) in [6.45, 7) is 0. The molecular weight excluding hydrogens is 554 g/mol. The number of benzene rings is 3. The van der Waals surface area contributed by atoms with E-state index in [1.165, 1.54) is 12.0 Å². The van der Waals surface area contributed by atoms with Crippen LogP contribution in [0.3, 0.4) is 0 Å². The number of halogens is 1. The highest BCUT2D eigenvalue weighted by atomic mass is 79.9. The van der Waals surface area contributed by atoms with Gasteiger partial charge in [-0.3, -0.25) is 9.69 Å². The molecule has 186 valence electrons. The van der Waals surface area contributed by atoms with Crippen LogP contribution >= 0.6 is 28.1 Å². The summed E-state index contributed by atoms with van der Waals surface area (Å²) in [5.41, 5.74) is 4.99. The maximum atomic E-state index is 14.0. The van der Waals surface area contributed by atoms with E-state index in [1.54, 1.807) is 31.4 Å². The third-order valence-electron chi connectivity index (χ3n) is 7.06. The predicted octanol–water partition coefficient (Wildman–Crippen LogP) is 5.37. The molecule has 0 saturated carbocycles. The van der Waals surface area contributed by atoms with Crippen LogP contribution in [0.4, 0.5) is 5.69 Å². The minimum atomic E-state index is -0.494. The third kappa shape index (κ3) is 3.72. The molecule has 0 aliphatic carbocycles. The van der Waals surface area contributed by atoms with Gasteiger partial charge in [-0.1, -0.05) is 34.1 Å². The van der Waals surface area contributed by atoms with Gasteiger partial charge in [0.25, 0.3) is 5.91 Å². The average Bonchev–Trinajstić information content (AvgIpc) is 3.40. The molecule has 7 nitrogen and oxygen atoms in total. The molecule has 2 atom stereocenters. The fourth-order valence-electron chi connectivity index (χ4n) is 5.35. The van der Waals surface area contributed by atoms with E-state index in [-0.39, 0.29) is 11.9 Å². The Labute approximate surface area is 227 Å². The quantitative estimate of drug-likeness (QED) is 0.260. The molecule has 2 unspecified atom stereocenters. The van der Waals surface area contributed by atoms with Crippen LogP contribution in [0, 0.1) is 0 Å². The standard InChI is InChI=1S/C28H22BrN3O4S/c1-35-19-9-6-15(7-10-19)25-24-21(20-13-17(29)8-11-22(20)30-24)14-23-26(33)31(28(37)32(23)25)18-5-3-4-16(12-18)27(34)36-2/h3-13,23,25,30H,14H2,1-2H3. The van der Waals surface area contributed by atoms with Gasteiger partial charge in [-0.15, -0.1) is 0 Å². The molecule has 1 fully saturated rings. The van der Waals surface area contributed by atoms with Crippen molar-refractivity contribution < 1.29 is 19.1 Å². The number of esters is 1. The van der Waals surface area contributed by atoms with Crippen LogP contribution in [-0.2, 0) is 16.0 Å². The third-order valence-corrected chi connectivity index (χ3v) is 7.95. The largest absolute Gasteiger partial charge is 0.497 e. The number of hydrogen-bond acceptors (Lipinski definition) is 5. The highest BCUT2D eigenvalue weighted by molar-refractivity contribution is 9.10. The molecule has 9 heteroatoms. The first-order valence-corrected chi connectivity index (χ1v) is 12.9. The Hall–Kier alpha value is -3.69. The number of H-pyrrole nitrogens is 1. The van der Waals surface area contributed by atoms with Gasteiger partial charge in [-0.25, -0.2) is 4.79 Å². The van der Waals surface area contributed by atoms with Gasteiger partial charge >= 0.3 is 5.97 Å². The van der Waals surface area contributed by atoms with Gasteiger partial charge in [0.15, 0.2) is 5.11 Å². The van der Waals surface area contributed by atoms with Crippen LogP contribution in [0.1, 0.15) is 33.2 Å². The summed E-state index contributed by atoms with van der Waals surface area (Å²) in [6.07, 6.45) is 0.505. The normalized spacial score (nSPS) is 18.7. The second kappa shape index (κ2) is 9.00. The number of aromatic nitrogens is 1. The van der Waals surface area contributed by atoms with Crippen molar-refractivity contribution in [2.24, 2.45) is 0 Å². The van der Waals surface area contributed by atoms with Crippen molar-refractivity contribution in [1.82, 2.24) is 9.88 Å². The number of ether oxygens (including phenoxy) is 2. The first kappa shape index (κ1) is 23.7. The SMILES string of the molecule is COC(=O)c1cccc(N2C(=O)C3Cc4c([nH]c5ccc(Br)cc45)C(c4ccc(OC)cc4)N3C2=S)c1. The molecule has 1 aromatic heterocycles. The molecule has 3 heterocycles. The summed E-state index contributed by atoms with van der Waals surface area (Å²) in [5.74, 6) is 0.152. The molecule has 2 aliphatic heterocycles. The van der Waals surface area contributed by atoms with Crippen LogP contribution in [0.5, 0.6) is 5.75 Å². The molecule has 0 spiro atoms. The zero-order valence-corrected chi connectivity index (χ0v) is 22.4. The molecule has 0 bridgehead atoms. The van der Waals surface area contributed by atoms with Gasteiger partial charge in [-0.2, -0.15) is 0 Å². The van der Waals surface area contributed by atoms with Crippen molar-refractivity contribution >= 4 is 61.7 Å². The molecule has 37 heavy (non-hydrogen) atoms. The first-order valence-electron chi connectivity index (χ1n) is 11.7. The number of anilines is 1. The van der Waals surface area contributed by atoms with Crippen molar-refractivity contribution in [2.45, 2.75) is 18.5 Å². The summed E-state index contributed by atoms with van der Waals surface area (Å²) in [4.78, 5) is 33.3. The van der Waals surface area contributed by atoms with Gasteiger partial charge in [0, 0.05) is 27.5 Å². The van der Waals surface area contributed by atoms with Crippen molar-refractivity contribution in [3.63, 3.8) is 0 Å². The van der Waals surface area contributed by atoms with Crippen LogP contribution in [0.25, 0.3) is 10.9 Å². The topological polar surface area (TPSA) is 74.9 Å². The van der Waals surface area contributed by atoms with E-state index >= 15 is 0 Å². The van der Waals surface area contributed by atoms with Gasteiger partial charge < -0.3 is 19.4 Å². The first-order chi connectivity index (χ1) is 17.9. The van der Waals surface area contributed by atoms with E-state index in [0.717, 1.165) is 37.9 Å². The van der Waals surface area contributed by atoms with Crippen molar-refractivity contribution in [3.8, 4) is 5.75 Å². The number of hydrogen-bond donors (Lipinski definition) is 1. The molecule has 3 aromatic carbocycles. The van der Waals surface area contributed by atoms with E-state index in [1.807, 2.05) is 41.3 Å². The predicted molar refractivity (Wildman–Crippen MR) is 148 cm³/mol. The lowest BCUT2D eigenvalue weighted by Crippen LogP contribution is -2.44. The number of nitrogens with one attached hydrogen (secondary N) is 1. The van der Waals surface area contributed by atoms with Crippen LogP contribution in [-0.4, -0.2) is 47.1 Å². The lowest BCUT2D eigenvalue weighted by atomic mass is 9.89. The maximum absolute atomic E-state index is 14.0. The van der Waals surface area contributed by atoms with Gasteiger partial charge in [-0.05, 0) is 71.9 Å². The lowest BCUT2D eigenvalue weighted by Gasteiger charge is -2.37. The summed E-state index contributed by atoms with van der Waals surface area (Å²) >= 11 is 9.55. The van der Waals surface area contributed by atoms with E-state index in [0.29, 0.717) is 22.8 Å². The van der Waals surface area contributed by atoms with E-state index in [4.69, 9.17) is 21.7 Å². The number of amides is 1. The molecule has 1 N–H and O–H groups in total. The average molecular weight is 576 g/mol. The van der Waals surface area contributed by atoms with Gasteiger partial charge in [0.2, 0.25) is 0 Å². The number of aromatic amines is 1. The number of carbonyl (C=O) groups excluding carboxylic acids is 2. The number of methoxy groups -OCH3 is 2. The van der Waals surface area contributed by atoms with Crippen LogP contribution in [0.2, 0.25) is 0 Å². The number of thiocarbonyl (C=S) groups is 1. The van der Waals surface area contributed by atoms with E-state index in [9.17, 15) is 9.59 Å². The van der Waals surface area contributed by atoms with Crippen LogP contribution in [0.15, 0.2) is 71.2 Å². The summed E-state index contributed by atoms with van der Waals surface area (Å²) in [7, 11) is 2.96. The molecule has 0 radical (unpaired) electrons. The highest BCUT2D eigenvalue weighted by Gasteiger charge is 2.51. The van der Waals surface area contributed by atoms with Crippen molar-refractivity contribution in [2.75, 3.05) is 19.1 Å². The smallest absolute Gasteiger partial charge is 0.337 e. The van der Waals surface area contributed by atoms with Gasteiger partial charge in [0.05, 0.1) is 31.5 Å². The minimum Gasteiger partial charge on any atom is -0.497 e. The Bertz CT molecular complexity index is 1580. The van der Waals surface area contributed by atoms with Crippen molar-refractivity contribution in [3.05, 3.63) is 93.6 Å². The summed E-state index contributed by atoms with van der Waals surface area (Å²) < 4.78 is 11.2. The Morgan fingerprint density at radius 2 is 1.86 bits per heavy atom. The summed E-state index contributed by atoms with van der Waals surface area (Å²) in [5, 5.41) is 1.47. The molecule has 6 rings (SSSR count). The number of carbonyl (C=O) groups is 2. The monoisotopic (exact) mass is 575 g/mol. The second-order valence-corrected chi connectivity index (χ2v) is 10.3. The van der Waals surface area contributed by atoms with E-state index < -0.39 is 12.0 Å². The molecular formula is C28H22BrN3O4S. The Morgan fingerprint density at radius 1 is 1.08 bits per heavy atom. The van der Waals surface area contributed by atoms with Crippen LogP contribution < -0.4 is 9.64 Å². The Kier molecular flexibility index (Phi) is 5.77. The number of fused-ring (bicyclic) bond motifs is 4. The molecule has 2 aliphatic rings.